The number of amides is 1. The molecule has 2 aliphatic rings. The number of piperidine rings is 1. The topological polar surface area (TPSA) is 71.3 Å². The molecule has 0 spiro atoms. The summed E-state index contributed by atoms with van der Waals surface area (Å²) in [5.74, 6) is -0.0492. The summed E-state index contributed by atoms with van der Waals surface area (Å²) in [6, 6.07) is 7.54. The molecule has 0 radical (unpaired) electrons. The third-order valence-electron chi connectivity index (χ3n) is 5.10. The van der Waals surface area contributed by atoms with Gasteiger partial charge in [-0.05, 0) is 31.5 Å². The summed E-state index contributed by atoms with van der Waals surface area (Å²) in [5, 5.41) is 8.46. The van der Waals surface area contributed by atoms with Crippen molar-refractivity contribution < 1.29 is 4.79 Å². The highest BCUT2D eigenvalue weighted by atomic mass is 16.2. The first-order valence-corrected chi connectivity index (χ1v) is 8.57. The Hall–Kier alpha value is -2.28. The summed E-state index contributed by atoms with van der Waals surface area (Å²) in [6.45, 7) is 3.51. The second-order valence-corrected chi connectivity index (χ2v) is 6.59. The van der Waals surface area contributed by atoms with Crippen LogP contribution in [-0.2, 0) is 11.3 Å². The van der Waals surface area contributed by atoms with Gasteiger partial charge in [-0.3, -0.25) is 14.5 Å². The van der Waals surface area contributed by atoms with E-state index in [1.54, 1.807) is 18.2 Å². The maximum absolute atomic E-state index is 12.6. The Kier molecular flexibility index (Phi) is 4.02. The number of hydrogen-bond acceptors (Lipinski definition) is 5. The standard InChI is InChI=1S/C17H21N5O2/c23-16(21-10-9-20-8-4-3-5-13(20)11-21)12-22-17(24)14-6-1-2-7-15(14)18-19-22/h1-2,6-7,13H,3-5,8-12H2/t13-/m1/s1. The molecule has 2 aromatic rings. The highest BCUT2D eigenvalue weighted by molar-refractivity contribution is 5.78. The van der Waals surface area contributed by atoms with Gasteiger partial charge in [-0.25, -0.2) is 4.68 Å². The molecule has 0 unspecified atom stereocenters. The van der Waals surface area contributed by atoms with Gasteiger partial charge in [0.2, 0.25) is 5.91 Å². The van der Waals surface area contributed by atoms with Crippen molar-refractivity contribution in [2.24, 2.45) is 0 Å². The van der Waals surface area contributed by atoms with Crippen LogP contribution in [0.5, 0.6) is 0 Å². The average Bonchev–Trinajstić information content (AvgIpc) is 2.64. The molecule has 7 heteroatoms. The van der Waals surface area contributed by atoms with E-state index in [1.807, 2.05) is 11.0 Å². The van der Waals surface area contributed by atoms with Crippen molar-refractivity contribution in [2.75, 3.05) is 26.2 Å². The molecule has 0 saturated carbocycles. The Morgan fingerprint density at radius 3 is 2.96 bits per heavy atom. The van der Waals surface area contributed by atoms with Crippen molar-refractivity contribution in [3.8, 4) is 0 Å². The zero-order valence-electron chi connectivity index (χ0n) is 13.6. The summed E-state index contributed by atoms with van der Waals surface area (Å²) in [6.07, 6.45) is 3.64. The minimum atomic E-state index is -0.259. The Balaban J connectivity index is 1.50. The molecule has 0 aliphatic carbocycles. The highest BCUT2D eigenvalue weighted by Crippen LogP contribution is 2.21. The van der Waals surface area contributed by atoms with Crippen LogP contribution < -0.4 is 5.56 Å². The maximum Gasteiger partial charge on any atom is 0.278 e. The smallest absolute Gasteiger partial charge is 0.278 e. The second-order valence-electron chi connectivity index (χ2n) is 6.59. The maximum atomic E-state index is 12.6. The van der Waals surface area contributed by atoms with Crippen molar-refractivity contribution in [3.05, 3.63) is 34.6 Å². The van der Waals surface area contributed by atoms with E-state index in [9.17, 15) is 9.59 Å². The van der Waals surface area contributed by atoms with Crippen molar-refractivity contribution in [1.82, 2.24) is 24.8 Å². The summed E-state index contributed by atoms with van der Waals surface area (Å²) in [4.78, 5) is 29.4. The minimum Gasteiger partial charge on any atom is -0.338 e. The van der Waals surface area contributed by atoms with E-state index in [2.05, 4.69) is 15.2 Å². The van der Waals surface area contributed by atoms with Gasteiger partial charge in [0, 0.05) is 25.7 Å². The summed E-state index contributed by atoms with van der Waals surface area (Å²) < 4.78 is 1.18. The lowest BCUT2D eigenvalue weighted by atomic mass is 9.99. The quantitative estimate of drug-likeness (QED) is 0.803. The Labute approximate surface area is 139 Å². The van der Waals surface area contributed by atoms with E-state index in [1.165, 1.54) is 17.5 Å². The van der Waals surface area contributed by atoms with Gasteiger partial charge in [0.25, 0.3) is 5.56 Å². The third kappa shape index (κ3) is 2.80. The Bertz CT molecular complexity index is 818. The van der Waals surface area contributed by atoms with E-state index in [4.69, 9.17) is 0 Å². The van der Waals surface area contributed by atoms with E-state index < -0.39 is 0 Å². The molecule has 126 valence electrons. The fourth-order valence-corrected chi connectivity index (χ4v) is 3.74. The first-order valence-electron chi connectivity index (χ1n) is 8.57. The van der Waals surface area contributed by atoms with Crippen LogP contribution in [0.1, 0.15) is 19.3 Å². The van der Waals surface area contributed by atoms with Gasteiger partial charge in [0.1, 0.15) is 12.1 Å². The lowest BCUT2D eigenvalue weighted by Gasteiger charge is -2.44. The molecule has 3 heterocycles. The number of carbonyl (C=O) groups is 1. The van der Waals surface area contributed by atoms with Crippen LogP contribution >= 0.6 is 0 Å². The lowest BCUT2D eigenvalue weighted by molar-refractivity contribution is -0.135. The van der Waals surface area contributed by atoms with Gasteiger partial charge in [-0.2, -0.15) is 0 Å². The zero-order valence-corrected chi connectivity index (χ0v) is 13.6. The van der Waals surface area contributed by atoms with E-state index >= 15 is 0 Å². The number of aromatic nitrogens is 3. The van der Waals surface area contributed by atoms with Crippen LogP contribution in [0.2, 0.25) is 0 Å². The number of benzene rings is 1. The molecular weight excluding hydrogens is 306 g/mol. The van der Waals surface area contributed by atoms with E-state index in [0.29, 0.717) is 16.9 Å². The average molecular weight is 327 g/mol. The first-order chi connectivity index (χ1) is 11.7. The highest BCUT2D eigenvalue weighted by Gasteiger charge is 2.31. The Morgan fingerprint density at radius 1 is 1.17 bits per heavy atom. The lowest BCUT2D eigenvalue weighted by Crippen LogP contribution is -2.56. The van der Waals surface area contributed by atoms with Crippen LogP contribution in [0.4, 0.5) is 0 Å². The molecule has 0 bridgehead atoms. The number of carbonyl (C=O) groups excluding carboxylic acids is 1. The predicted octanol–water partition coefficient (Wildman–Crippen LogP) is 0.488. The normalized spacial score (nSPS) is 21.7. The molecule has 24 heavy (non-hydrogen) atoms. The van der Waals surface area contributed by atoms with Crippen LogP contribution in [0.25, 0.3) is 10.9 Å². The monoisotopic (exact) mass is 327 g/mol. The molecule has 1 atom stereocenters. The van der Waals surface area contributed by atoms with Crippen molar-refractivity contribution in [3.63, 3.8) is 0 Å². The molecule has 2 saturated heterocycles. The molecule has 7 nitrogen and oxygen atoms in total. The molecule has 1 aromatic carbocycles. The van der Waals surface area contributed by atoms with Gasteiger partial charge >= 0.3 is 0 Å². The van der Waals surface area contributed by atoms with Gasteiger partial charge in [-0.1, -0.05) is 23.8 Å². The van der Waals surface area contributed by atoms with Gasteiger partial charge in [0.15, 0.2) is 0 Å². The van der Waals surface area contributed by atoms with Gasteiger partial charge in [-0.15, -0.1) is 5.10 Å². The number of nitrogens with zero attached hydrogens (tertiary/aromatic N) is 5. The number of piperazine rings is 1. The van der Waals surface area contributed by atoms with Crippen LogP contribution in [0.3, 0.4) is 0 Å². The summed E-state index contributed by atoms with van der Waals surface area (Å²) >= 11 is 0. The first kappa shape index (κ1) is 15.3. The SMILES string of the molecule is O=C(Cn1nnc2ccccc2c1=O)N1CCN2CCCC[C@@H]2C1. The fraction of sp³-hybridized carbons (Fsp3) is 0.529. The van der Waals surface area contributed by atoms with Crippen LogP contribution in [0.15, 0.2) is 29.1 Å². The number of rotatable bonds is 2. The fourth-order valence-electron chi connectivity index (χ4n) is 3.74. The predicted molar refractivity (Wildman–Crippen MR) is 89.6 cm³/mol. The minimum absolute atomic E-state index is 0.0383. The molecular formula is C17H21N5O2. The van der Waals surface area contributed by atoms with E-state index in [-0.39, 0.29) is 18.0 Å². The summed E-state index contributed by atoms with van der Waals surface area (Å²) in [5.41, 5.74) is 0.298. The molecule has 2 aliphatic heterocycles. The number of hydrogen-bond donors (Lipinski definition) is 0. The molecule has 0 N–H and O–H groups in total. The Morgan fingerprint density at radius 2 is 2.04 bits per heavy atom. The molecule has 2 fully saturated rings. The summed E-state index contributed by atoms with van der Waals surface area (Å²) in [7, 11) is 0. The molecule has 4 rings (SSSR count). The van der Waals surface area contributed by atoms with Gasteiger partial charge < -0.3 is 4.90 Å². The largest absolute Gasteiger partial charge is 0.338 e. The third-order valence-corrected chi connectivity index (χ3v) is 5.10. The van der Waals surface area contributed by atoms with Gasteiger partial charge in [0.05, 0.1) is 5.39 Å². The van der Waals surface area contributed by atoms with Crippen molar-refractivity contribution in [2.45, 2.75) is 31.8 Å². The molecule has 1 amide bonds. The van der Waals surface area contributed by atoms with Crippen molar-refractivity contribution in [1.29, 1.82) is 0 Å². The zero-order chi connectivity index (χ0) is 16.5. The second kappa shape index (κ2) is 6.32. The van der Waals surface area contributed by atoms with E-state index in [0.717, 1.165) is 32.6 Å². The number of fused-ring (bicyclic) bond motifs is 2. The van der Waals surface area contributed by atoms with Crippen LogP contribution in [-0.4, -0.2) is 62.9 Å². The molecule has 1 aromatic heterocycles. The van der Waals surface area contributed by atoms with Crippen LogP contribution in [0, 0.1) is 0 Å². The van der Waals surface area contributed by atoms with Crippen molar-refractivity contribution >= 4 is 16.8 Å².